The lowest BCUT2D eigenvalue weighted by molar-refractivity contribution is 0.523. The van der Waals surface area contributed by atoms with Crippen LogP contribution in [0.25, 0.3) is 0 Å². The molecule has 2 N–H and O–H groups in total. The Kier molecular flexibility index (Phi) is 4.28. The number of aromatic amines is 1. The van der Waals surface area contributed by atoms with E-state index in [4.69, 9.17) is 11.6 Å². The van der Waals surface area contributed by atoms with E-state index in [1.807, 2.05) is 6.92 Å². The molecule has 0 amide bonds. The highest BCUT2D eigenvalue weighted by molar-refractivity contribution is 6.31. The SMILES string of the molecule is CCNC(Cc1ccc(F)cc1Cl)c1ncn[nH]1. The van der Waals surface area contributed by atoms with Gasteiger partial charge in [0.05, 0.1) is 6.04 Å². The quantitative estimate of drug-likeness (QED) is 0.876. The molecule has 1 aromatic carbocycles. The van der Waals surface area contributed by atoms with Crippen molar-refractivity contribution in [3.05, 3.63) is 46.8 Å². The number of H-pyrrole nitrogens is 1. The molecule has 18 heavy (non-hydrogen) atoms. The maximum atomic E-state index is 13.0. The van der Waals surface area contributed by atoms with E-state index in [1.54, 1.807) is 6.07 Å². The first-order valence-electron chi connectivity index (χ1n) is 5.73. The zero-order chi connectivity index (χ0) is 13.0. The highest BCUT2D eigenvalue weighted by atomic mass is 35.5. The third-order valence-electron chi connectivity index (χ3n) is 2.65. The molecule has 1 atom stereocenters. The van der Waals surface area contributed by atoms with E-state index in [-0.39, 0.29) is 11.9 Å². The molecular weight excluding hydrogens is 255 g/mol. The fraction of sp³-hybridized carbons (Fsp3) is 0.333. The summed E-state index contributed by atoms with van der Waals surface area (Å²) in [4.78, 5) is 4.13. The summed E-state index contributed by atoms with van der Waals surface area (Å²) in [6.45, 7) is 2.81. The first-order valence-corrected chi connectivity index (χ1v) is 6.11. The number of hydrogen-bond donors (Lipinski definition) is 2. The van der Waals surface area contributed by atoms with Gasteiger partial charge in [0.2, 0.25) is 0 Å². The molecule has 2 rings (SSSR count). The Morgan fingerprint density at radius 2 is 2.33 bits per heavy atom. The molecule has 0 aliphatic heterocycles. The number of likely N-dealkylation sites (N-methyl/N-ethyl adjacent to an activating group) is 1. The van der Waals surface area contributed by atoms with E-state index in [9.17, 15) is 4.39 Å². The Morgan fingerprint density at radius 3 is 2.94 bits per heavy atom. The van der Waals surface area contributed by atoms with Gasteiger partial charge in [0, 0.05) is 5.02 Å². The van der Waals surface area contributed by atoms with Crippen LogP contribution in [-0.2, 0) is 6.42 Å². The summed E-state index contributed by atoms with van der Waals surface area (Å²) in [7, 11) is 0. The summed E-state index contributed by atoms with van der Waals surface area (Å²) < 4.78 is 13.0. The fourth-order valence-electron chi connectivity index (χ4n) is 1.80. The van der Waals surface area contributed by atoms with Crippen molar-refractivity contribution in [2.24, 2.45) is 0 Å². The Balaban J connectivity index is 2.18. The van der Waals surface area contributed by atoms with Crippen LogP contribution in [0.15, 0.2) is 24.5 Å². The summed E-state index contributed by atoms with van der Waals surface area (Å²) in [6.07, 6.45) is 2.09. The third-order valence-corrected chi connectivity index (χ3v) is 3.01. The van der Waals surface area contributed by atoms with Gasteiger partial charge in [-0.1, -0.05) is 24.6 Å². The smallest absolute Gasteiger partial charge is 0.141 e. The summed E-state index contributed by atoms with van der Waals surface area (Å²) in [5, 5.41) is 10.4. The van der Waals surface area contributed by atoms with Gasteiger partial charge >= 0.3 is 0 Å². The van der Waals surface area contributed by atoms with Crippen LogP contribution in [0.5, 0.6) is 0 Å². The van der Waals surface area contributed by atoms with Gasteiger partial charge in [-0.05, 0) is 30.7 Å². The van der Waals surface area contributed by atoms with Gasteiger partial charge in [0.15, 0.2) is 0 Å². The van der Waals surface area contributed by atoms with Crippen molar-refractivity contribution in [3.8, 4) is 0 Å². The minimum atomic E-state index is -0.330. The average molecular weight is 269 g/mol. The molecule has 0 saturated heterocycles. The number of rotatable bonds is 5. The van der Waals surface area contributed by atoms with E-state index >= 15 is 0 Å². The lowest BCUT2D eigenvalue weighted by Crippen LogP contribution is -2.24. The first kappa shape index (κ1) is 13.0. The van der Waals surface area contributed by atoms with E-state index < -0.39 is 0 Å². The van der Waals surface area contributed by atoms with Crippen LogP contribution in [0.1, 0.15) is 24.4 Å². The molecule has 0 aliphatic rings. The van der Waals surface area contributed by atoms with Crippen LogP contribution >= 0.6 is 11.6 Å². The highest BCUT2D eigenvalue weighted by Crippen LogP contribution is 2.22. The average Bonchev–Trinajstić information content (AvgIpc) is 2.85. The number of aromatic nitrogens is 3. The number of hydrogen-bond acceptors (Lipinski definition) is 3. The Bertz CT molecular complexity index is 501. The second kappa shape index (κ2) is 5.93. The molecule has 6 heteroatoms. The molecule has 0 fully saturated rings. The number of nitrogens with zero attached hydrogens (tertiary/aromatic N) is 2. The van der Waals surface area contributed by atoms with E-state index in [0.29, 0.717) is 11.4 Å². The van der Waals surface area contributed by atoms with Crippen molar-refractivity contribution < 1.29 is 4.39 Å². The van der Waals surface area contributed by atoms with Gasteiger partial charge in [-0.3, -0.25) is 5.10 Å². The molecule has 1 heterocycles. The molecule has 4 nitrogen and oxygen atoms in total. The van der Waals surface area contributed by atoms with Crippen molar-refractivity contribution in [2.75, 3.05) is 6.54 Å². The molecule has 1 aromatic heterocycles. The minimum Gasteiger partial charge on any atom is -0.307 e. The third kappa shape index (κ3) is 3.05. The zero-order valence-electron chi connectivity index (χ0n) is 9.95. The maximum Gasteiger partial charge on any atom is 0.141 e. The van der Waals surface area contributed by atoms with E-state index in [2.05, 4.69) is 20.5 Å². The van der Waals surface area contributed by atoms with Crippen LogP contribution in [0.3, 0.4) is 0 Å². The lowest BCUT2D eigenvalue weighted by Gasteiger charge is -2.16. The maximum absolute atomic E-state index is 13.0. The molecule has 1 unspecified atom stereocenters. The van der Waals surface area contributed by atoms with E-state index in [0.717, 1.165) is 17.9 Å². The van der Waals surface area contributed by atoms with Gasteiger partial charge in [0.25, 0.3) is 0 Å². The molecule has 0 spiro atoms. The monoisotopic (exact) mass is 268 g/mol. The Hall–Kier alpha value is -1.46. The zero-order valence-corrected chi connectivity index (χ0v) is 10.7. The predicted molar refractivity (Wildman–Crippen MR) is 67.9 cm³/mol. The number of benzene rings is 1. The standard InChI is InChI=1S/C12H14ClFN4/c1-2-15-11(12-16-7-17-18-12)5-8-3-4-9(14)6-10(8)13/h3-4,6-7,11,15H,2,5H2,1H3,(H,16,17,18). The summed E-state index contributed by atoms with van der Waals surface area (Å²) in [5.74, 6) is 0.417. The van der Waals surface area contributed by atoms with Crippen LogP contribution < -0.4 is 5.32 Å². The highest BCUT2D eigenvalue weighted by Gasteiger charge is 2.15. The van der Waals surface area contributed by atoms with Crippen molar-refractivity contribution in [1.29, 1.82) is 0 Å². The Morgan fingerprint density at radius 1 is 1.50 bits per heavy atom. The summed E-state index contributed by atoms with van der Waals surface area (Å²) >= 11 is 6.02. The first-order chi connectivity index (χ1) is 8.70. The van der Waals surface area contributed by atoms with Crippen LogP contribution in [0.4, 0.5) is 4.39 Å². The van der Waals surface area contributed by atoms with Gasteiger partial charge in [-0.25, -0.2) is 9.37 Å². The number of nitrogens with one attached hydrogen (secondary N) is 2. The van der Waals surface area contributed by atoms with Crippen molar-refractivity contribution in [1.82, 2.24) is 20.5 Å². The van der Waals surface area contributed by atoms with Gasteiger partial charge in [0.1, 0.15) is 18.0 Å². The lowest BCUT2D eigenvalue weighted by atomic mass is 10.1. The van der Waals surface area contributed by atoms with Gasteiger partial charge < -0.3 is 5.32 Å². The van der Waals surface area contributed by atoms with E-state index in [1.165, 1.54) is 18.5 Å². The fourth-order valence-corrected chi connectivity index (χ4v) is 2.05. The van der Waals surface area contributed by atoms with Crippen LogP contribution in [0.2, 0.25) is 5.02 Å². The molecule has 0 bridgehead atoms. The predicted octanol–water partition coefficient (Wildman–Crippen LogP) is 2.49. The van der Waals surface area contributed by atoms with Gasteiger partial charge in [-0.15, -0.1) is 0 Å². The second-order valence-corrected chi connectivity index (χ2v) is 4.33. The molecule has 0 radical (unpaired) electrons. The van der Waals surface area contributed by atoms with Crippen molar-refractivity contribution in [2.45, 2.75) is 19.4 Å². The molecule has 96 valence electrons. The molecule has 2 aromatic rings. The topological polar surface area (TPSA) is 53.6 Å². The Labute approximate surface area is 110 Å². The molecule has 0 aliphatic carbocycles. The summed E-state index contributed by atoms with van der Waals surface area (Å²) in [5.41, 5.74) is 0.875. The largest absolute Gasteiger partial charge is 0.307 e. The van der Waals surface area contributed by atoms with Crippen LogP contribution in [0, 0.1) is 5.82 Å². The minimum absolute atomic E-state index is 0.0135. The van der Waals surface area contributed by atoms with Gasteiger partial charge in [-0.2, -0.15) is 5.10 Å². The van der Waals surface area contributed by atoms with Crippen molar-refractivity contribution in [3.63, 3.8) is 0 Å². The molecular formula is C12H14ClFN4. The second-order valence-electron chi connectivity index (χ2n) is 3.92. The van der Waals surface area contributed by atoms with Crippen molar-refractivity contribution >= 4 is 11.6 Å². The normalized spacial score (nSPS) is 12.6. The van der Waals surface area contributed by atoms with Crippen LogP contribution in [-0.4, -0.2) is 21.7 Å². The summed E-state index contributed by atoms with van der Waals surface area (Å²) in [6, 6.07) is 4.41. The number of halogens is 2. The molecule has 0 saturated carbocycles.